The Bertz CT molecular complexity index is 554. The Kier molecular flexibility index (Phi) is 4.10. The minimum absolute atomic E-state index is 0.0115. The molecule has 0 bridgehead atoms. The number of carbonyl (C=O) groups excluding carboxylic acids is 1. The minimum Gasteiger partial charge on any atom is -0.292 e. The molecule has 0 atom stereocenters. The number of benzene rings is 1. The molecule has 0 amide bonds. The van der Waals surface area contributed by atoms with E-state index in [1.54, 1.807) is 43.5 Å². The second kappa shape index (κ2) is 5.78. The quantitative estimate of drug-likeness (QED) is 0.780. The fraction of sp³-hybridized carbons (Fsp3) is 0.143. The van der Waals surface area contributed by atoms with Crippen LogP contribution in [-0.4, -0.2) is 10.8 Å². The molecule has 0 aliphatic carbocycles. The molecule has 1 heterocycles. The van der Waals surface area contributed by atoms with E-state index >= 15 is 0 Å². The maximum Gasteiger partial charge on any atom is 0.180 e. The van der Waals surface area contributed by atoms with Crippen molar-refractivity contribution in [1.82, 2.24) is 4.98 Å². The smallest absolute Gasteiger partial charge is 0.180 e. The number of carbonyl (C=O) groups is 1. The summed E-state index contributed by atoms with van der Waals surface area (Å²) in [7, 11) is 0. The molecule has 0 spiro atoms. The van der Waals surface area contributed by atoms with Gasteiger partial charge in [-0.1, -0.05) is 30.8 Å². The Balaban J connectivity index is 2.16. The third kappa shape index (κ3) is 2.96. The molecular weight excluding hydrogens is 249 g/mol. The zero-order chi connectivity index (χ0) is 13.0. The van der Waals surface area contributed by atoms with Crippen LogP contribution in [0.2, 0.25) is 0 Å². The molecule has 2 nitrogen and oxygen atoms in total. The number of hydrogen-bond donors (Lipinski definition) is 0. The van der Waals surface area contributed by atoms with Gasteiger partial charge in [0.15, 0.2) is 5.78 Å². The molecular formula is C14H12FNOS. The summed E-state index contributed by atoms with van der Waals surface area (Å²) in [6.07, 6.45) is 2.03. The summed E-state index contributed by atoms with van der Waals surface area (Å²) in [5.74, 6) is -0.242. The summed E-state index contributed by atoms with van der Waals surface area (Å²) in [4.78, 5) is 16.9. The monoisotopic (exact) mass is 261 g/mol. The van der Waals surface area contributed by atoms with Crippen LogP contribution in [-0.2, 0) is 0 Å². The van der Waals surface area contributed by atoms with Crippen molar-refractivity contribution < 1.29 is 9.18 Å². The van der Waals surface area contributed by atoms with Gasteiger partial charge in [-0.2, -0.15) is 0 Å². The molecule has 18 heavy (non-hydrogen) atoms. The molecule has 1 aromatic carbocycles. The molecule has 1 aromatic heterocycles. The molecule has 92 valence electrons. The number of Topliss-reactive ketones (excluding diaryl/α,β-unsaturated/α-hetero) is 1. The van der Waals surface area contributed by atoms with E-state index in [1.807, 2.05) is 0 Å². The van der Waals surface area contributed by atoms with E-state index in [2.05, 4.69) is 4.98 Å². The number of pyridine rings is 1. The van der Waals surface area contributed by atoms with E-state index in [1.165, 1.54) is 17.8 Å². The first-order chi connectivity index (χ1) is 8.70. The zero-order valence-electron chi connectivity index (χ0n) is 9.89. The fourth-order valence-corrected chi connectivity index (χ4v) is 2.25. The van der Waals surface area contributed by atoms with Crippen LogP contribution in [0.4, 0.5) is 4.39 Å². The van der Waals surface area contributed by atoms with Crippen molar-refractivity contribution in [2.24, 2.45) is 0 Å². The summed E-state index contributed by atoms with van der Waals surface area (Å²) in [5, 5.41) is 0. The highest BCUT2D eigenvalue weighted by Crippen LogP contribution is 2.29. The van der Waals surface area contributed by atoms with Crippen molar-refractivity contribution in [2.45, 2.75) is 23.1 Å². The summed E-state index contributed by atoms with van der Waals surface area (Å²) >= 11 is 1.29. The molecule has 0 N–H and O–H groups in total. The van der Waals surface area contributed by atoms with Crippen LogP contribution in [0.5, 0.6) is 0 Å². The Morgan fingerprint density at radius 3 is 2.67 bits per heavy atom. The standard InChI is InChI=1S/C14H12FNOS/c1-2-13(17)12-8-7-10(9-16-12)18-14-6-4-3-5-11(14)15/h3-9H,2H2,1H3. The lowest BCUT2D eigenvalue weighted by atomic mass is 10.2. The number of nitrogens with zero attached hydrogens (tertiary/aromatic N) is 1. The van der Waals surface area contributed by atoms with Gasteiger partial charge in [0.2, 0.25) is 0 Å². The van der Waals surface area contributed by atoms with Crippen LogP contribution < -0.4 is 0 Å². The average molecular weight is 261 g/mol. The van der Waals surface area contributed by atoms with Crippen LogP contribution in [0.15, 0.2) is 52.4 Å². The van der Waals surface area contributed by atoms with Crippen LogP contribution in [0, 0.1) is 5.82 Å². The number of ketones is 1. The van der Waals surface area contributed by atoms with Gasteiger partial charge >= 0.3 is 0 Å². The maximum atomic E-state index is 13.4. The van der Waals surface area contributed by atoms with Gasteiger partial charge in [0.25, 0.3) is 0 Å². The third-order valence-electron chi connectivity index (χ3n) is 2.41. The number of aromatic nitrogens is 1. The zero-order valence-corrected chi connectivity index (χ0v) is 10.7. The predicted octanol–water partition coefficient (Wildman–Crippen LogP) is 3.96. The number of rotatable bonds is 4. The molecule has 0 saturated heterocycles. The van der Waals surface area contributed by atoms with Crippen molar-refractivity contribution in [3.05, 3.63) is 54.1 Å². The van der Waals surface area contributed by atoms with E-state index in [0.29, 0.717) is 17.0 Å². The summed E-state index contributed by atoms with van der Waals surface area (Å²) in [6.45, 7) is 1.80. The normalized spacial score (nSPS) is 10.3. The minimum atomic E-state index is -0.254. The average Bonchev–Trinajstić information content (AvgIpc) is 2.41. The molecule has 0 fully saturated rings. The molecule has 4 heteroatoms. The maximum absolute atomic E-state index is 13.4. The van der Waals surface area contributed by atoms with Crippen molar-refractivity contribution in [3.8, 4) is 0 Å². The third-order valence-corrected chi connectivity index (χ3v) is 3.44. The Morgan fingerprint density at radius 2 is 2.06 bits per heavy atom. The van der Waals surface area contributed by atoms with Gasteiger partial charge in [-0.3, -0.25) is 9.78 Å². The van der Waals surface area contributed by atoms with E-state index in [9.17, 15) is 9.18 Å². The lowest BCUT2D eigenvalue weighted by Crippen LogP contribution is -1.99. The highest BCUT2D eigenvalue weighted by atomic mass is 32.2. The van der Waals surface area contributed by atoms with Gasteiger partial charge in [-0.25, -0.2) is 4.39 Å². The van der Waals surface area contributed by atoms with E-state index < -0.39 is 0 Å². The summed E-state index contributed by atoms with van der Waals surface area (Å²) < 4.78 is 13.4. The Morgan fingerprint density at radius 1 is 1.28 bits per heavy atom. The van der Waals surface area contributed by atoms with Crippen LogP contribution in [0.25, 0.3) is 0 Å². The Labute approximate surface area is 109 Å². The number of halogens is 1. The fourth-order valence-electron chi connectivity index (χ4n) is 1.44. The summed E-state index contributed by atoms with van der Waals surface area (Å²) in [6, 6.07) is 10.0. The topological polar surface area (TPSA) is 30.0 Å². The van der Waals surface area contributed by atoms with E-state index in [0.717, 1.165) is 4.90 Å². The summed E-state index contributed by atoms with van der Waals surface area (Å²) in [5.41, 5.74) is 0.454. The van der Waals surface area contributed by atoms with Crippen LogP contribution in [0.3, 0.4) is 0 Å². The lowest BCUT2D eigenvalue weighted by Gasteiger charge is -2.03. The van der Waals surface area contributed by atoms with E-state index in [-0.39, 0.29) is 11.6 Å². The first kappa shape index (κ1) is 12.8. The molecule has 0 unspecified atom stereocenters. The van der Waals surface area contributed by atoms with Crippen molar-refractivity contribution in [2.75, 3.05) is 0 Å². The van der Waals surface area contributed by atoms with Gasteiger partial charge in [0, 0.05) is 22.4 Å². The molecule has 2 rings (SSSR count). The largest absolute Gasteiger partial charge is 0.292 e. The van der Waals surface area contributed by atoms with Crippen LogP contribution in [0.1, 0.15) is 23.8 Å². The van der Waals surface area contributed by atoms with Gasteiger partial charge in [0.1, 0.15) is 11.5 Å². The van der Waals surface area contributed by atoms with Gasteiger partial charge in [-0.15, -0.1) is 0 Å². The van der Waals surface area contributed by atoms with Gasteiger partial charge in [0.05, 0.1) is 0 Å². The highest BCUT2D eigenvalue weighted by molar-refractivity contribution is 7.99. The first-order valence-corrected chi connectivity index (χ1v) is 6.44. The molecule has 2 aromatic rings. The van der Waals surface area contributed by atoms with Crippen molar-refractivity contribution in [3.63, 3.8) is 0 Å². The molecule has 0 aliphatic rings. The second-order valence-corrected chi connectivity index (χ2v) is 4.80. The van der Waals surface area contributed by atoms with Gasteiger partial charge < -0.3 is 0 Å². The predicted molar refractivity (Wildman–Crippen MR) is 69.4 cm³/mol. The van der Waals surface area contributed by atoms with Crippen LogP contribution >= 0.6 is 11.8 Å². The van der Waals surface area contributed by atoms with Crippen molar-refractivity contribution >= 4 is 17.5 Å². The number of hydrogen-bond acceptors (Lipinski definition) is 3. The Hall–Kier alpha value is -1.68. The van der Waals surface area contributed by atoms with Crippen molar-refractivity contribution in [1.29, 1.82) is 0 Å². The molecule has 0 saturated carbocycles. The van der Waals surface area contributed by atoms with Gasteiger partial charge in [-0.05, 0) is 24.3 Å². The lowest BCUT2D eigenvalue weighted by molar-refractivity contribution is 0.0983. The molecule has 0 aliphatic heterocycles. The molecule has 0 radical (unpaired) electrons. The first-order valence-electron chi connectivity index (χ1n) is 5.62. The van der Waals surface area contributed by atoms with E-state index in [4.69, 9.17) is 0 Å². The SMILES string of the molecule is CCC(=O)c1ccc(Sc2ccccc2F)cn1. The second-order valence-electron chi connectivity index (χ2n) is 3.69. The highest BCUT2D eigenvalue weighted by Gasteiger charge is 2.06.